The fourth-order valence-corrected chi connectivity index (χ4v) is 7.33. The summed E-state index contributed by atoms with van der Waals surface area (Å²) in [7, 11) is 2.12. The maximum atomic E-state index is 13.0. The van der Waals surface area contributed by atoms with Crippen LogP contribution in [0.3, 0.4) is 0 Å². The summed E-state index contributed by atoms with van der Waals surface area (Å²) in [6.45, 7) is 12.9. The predicted octanol–water partition coefficient (Wildman–Crippen LogP) is 5.44. The molecule has 6 unspecified atom stereocenters. The number of anilines is 1. The van der Waals surface area contributed by atoms with Gasteiger partial charge in [0.25, 0.3) is 0 Å². The van der Waals surface area contributed by atoms with E-state index in [9.17, 15) is 4.79 Å². The minimum atomic E-state index is -0.196. The normalized spacial score (nSPS) is 34.4. The van der Waals surface area contributed by atoms with Gasteiger partial charge in [0.1, 0.15) is 5.78 Å². The Morgan fingerprint density at radius 2 is 1.90 bits per heavy atom. The van der Waals surface area contributed by atoms with Crippen molar-refractivity contribution in [2.45, 2.75) is 72.5 Å². The van der Waals surface area contributed by atoms with Crippen LogP contribution >= 0.6 is 0 Å². The number of hydrogen-bond donors (Lipinski definition) is 0. The summed E-state index contributed by atoms with van der Waals surface area (Å²) in [4.78, 5) is 15.3. The van der Waals surface area contributed by atoms with Crippen LogP contribution in [0.4, 0.5) is 5.69 Å². The third-order valence-electron chi connectivity index (χ3n) is 8.58. The Bertz CT molecular complexity index is 802. The van der Waals surface area contributed by atoms with Crippen molar-refractivity contribution in [1.82, 2.24) is 0 Å². The van der Waals surface area contributed by atoms with Gasteiger partial charge in [-0.2, -0.15) is 0 Å². The van der Waals surface area contributed by atoms with Crippen molar-refractivity contribution in [3.63, 3.8) is 0 Å². The van der Waals surface area contributed by atoms with Crippen LogP contribution in [-0.2, 0) is 20.7 Å². The SMILES string of the molecule is CCOC(CN(C)c1ccc2c(c1)CCC1C2C(C)CC2(C)C(=O)C(C)CC12)OCC. The van der Waals surface area contributed by atoms with Crippen LogP contribution in [0.25, 0.3) is 0 Å². The van der Waals surface area contributed by atoms with Gasteiger partial charge in [0, 0.05) is 37.3 Å². The molecule has 4 nitrogen and oxygen atoms in total. The second-order valence-corrected chi connectivity index (χ2v) is 10.5. The summed E-state index contributed by atoms with van der Waals surface area (Å²) in [6, 6.07) is 7.05. The largest absolute Gasteiger partial charge is 0.369 e. The minimum Gasteiger partial charge on any atom is -0.369 e. The van der Waals surface area contributed by atoms with Gasteiger partial charge in [-0.05, 0) is 86.5 Å². The molecule has 1 aromatic carbocycles. The van der Waals surface area contributed by atoms with Crippen LogP contribution in [0.1, 0.15) is 70.9 Å². The first-order chi connectivity index (χ1) is 14.8. The molecule has 4 rings (SSSR count). The van der Waals surface area contributed by atoms with Crippen LogP contribution < -0.4 is 4.90 Å². The summed E-state index contributed by atoms with van der Waals surface area (Å²) in [5.74, 6) is 3.14. The second kappa shape index (κ2) is 8.86. The molecule has 0 aromatic heterocycles. The van der Waals surface area contributed by atoms with E-state index in [1.54, 1.807) is 5.56 Å². The molecule has 0 amide bonds. The number of benzene rings is 1. The number of nitrogens with zero attached hydrogens (tertiary/aromatic N) is 1. The number of aryl methyl sites for hydroxylation is 1. The van der Waals surface area contributed by atoms with E-state index >= 15 is 0 Å². The van der Waals surface area contributed by atoms with E-state index in [-0.39, 0.29) is 17.6 Å². The van der Waals surface area contributed by atoms with Gasteiger partial charge in [-0.15, -0.1) is 0 Å². The van der Waals surface area contributed by atoms with E-state index in [2.05, 4.69) is 50.9 Å². The Morgan fingerprint density at radius 3 is 2.58 bits per heavy atom. The van der Waals surface area contributed by atoms with Gasteiger partial charge in [-0.3, -0.25) is 4.79 Å². The summed E-state index contributed by atoms with van der Waals surface area (Å²) in [5, 5.41) is 0. The zero-order valence-electron chi connectivity index (χ0n) is 20.3. The lowest BCUT2D eigenvalue weighted by Crippen LogP contribution is -2.46. The summed E-state index contributed by atoms with van der Waals surface area (Å²) in [6.07, 6.45) is 4.29. The Balaban J connectivity index is 1.56. The smallest absolute Gasteiger partial charge is 0.174 e. The summed E-state index contributed by atoms with van der Waals surface area (Å²) in [5.41, 5.74) is 4.19. The van der Waals surface area contributed by atoms with Crippen LogP contribution in [0, 0.1) is 29.1 Å². The maximum Gasteiger partial charge on any atom is 0.174 e. The van der Waals surface area contributed by atoms with Gasteiger partial charge >= 0.3 is 0 Å². The van der Waals surface area contributed by atoms with E-state index < -0.39 is 0 Å². The highest BCUT2D eigenvalue weighted by Gasteiger charge is 2.58. The lowest BCUT2D eigenvalue weighted by molar-refractivity contribution is -0.133. The Kier molecular flexibility index (Phi) is 6.52. The van der Waals surface area contributed by atoms with Gasteiger partial charge in [-0.1, -0.05) is 26.8 Å². The molecule has 6 atom stereocenters. The van der Waals surface area contributed by atoms with Crippen molar-refractivity contribution in [3.05, 3.63) is 29.3 Å². The van der Waals surface area contributed by atoms with Crippen molar-refractivity contribution in [1.29, 1.82) is 0 Å². The third kappa shape index (κ3) is 3.95. The zero-order chi connectivity index (χ0) is 22.3. The quantitative estimate of drug-likeness (QED) is 0.543. The van der Waals surface area contributed by atoms with E-state index in [4.69, 9.17) is 9.47 Å². The number of carbonyl (C=O) groups excluding carboxylic acids is 1. The first-order valence-corrected chi connectivity index (χ1v) is 12.4. The number of Topliss-reactive ketones (excluding diaryl/α,β-unsaturated/α-hetero) is 1. The highest BCUT2D eigenvalue weighted by Crippen LogP contribution is 2.62. The van der Waals surface area contributed by atoms with Crippen LogP contribution in [0.5, 0.6) is 0 Å². The van der Waals surface area contributed by atoms with E-state index in [1.165, 1.54) is 17.7 Å². The zero-order valence-corrected chi connectivity index (χ0v) is 20.3. The molecule has 3 aliphatic carbocycles. The van der Waals surface area contributed by atoms with Gasteiger partial charge < -0.3 is 14.4 Å². The van der Waals surface area contributed by atoms with Crippen molar-refractivity contribution >= 4 is 11.5 Å². The maximum absolute atomic E-state index is 13.0. The molecule has 4 heteroatoms. The molecule has 0 spiro atoms. The molecule has 2 saturated carbocycles. The topological polar surface area (TPSA) is 38.8 Å². The predicted molar refractivity (Wildman–Crippen MR) is 125 cm³/mol. The fraction of sp³-hybridized carbons (Fsp3) is 0.741. The average molecular weight is 428 g/mol. The molecule has 0 aliphatic heterocycles. The van der Waals surface area contributed by atoms with Crippen molar-refractivity contribution < 1.29 is 14.3 Å². The highest BCUT2D eigenvalue weighted by atomic mass is 16.7. The molecule has 31 heavy (non-hydrogen) atoms. The van der Waals surface area contributed by atoms with Crippen LogP contribution in [0.15, 0.2) is 18.2 Å². The number of hydrogen-bond acceptors (Lipinski definition) is 4. The molecule has 0 heterocycles. The first kappa shape index (κ1) is 22.8. The molecule has 0 saturated heterocycles. The van der Waals surface area contributed by atoms with Crippen molar-refractivity contribution in [2.24, 2.45) is 29.1 Å². The monoisotopic (exact) mass is 427 g/mol. The minimum absolute atomic E-state index is 0.0920. The molecule has 0 bridgehead atoms. The standard InChI is InChI=1S/C27H41NO3/c1-7-30-24(31-8-2)16-28(6)20-10-12-21-19(14-20)9-11-22-23-13-17(3)26(29)27(23,5)15-18(4)25(21)22/h10,12,14,17-18,22-25H,7-9,11,13,15-16H2,1-6H3. The molecule has 2 fully saturated rings. The highest BCUT2D eigenvalue weighted by molar-refractivity contribution is 5.89. The first-order valence-electron chi connectivity index (χ1n) is 12.4. The Hall–Kier alpha value is -1.39. The number of ether oxygens (including phenoxy) is 2. The van der Waals surface area contributed by atoms with E-state index in [1.807, 2.05) is 13.8 Å². The van der Waals surface area contributed by atoms with Crippen molar-refractivity contribution in [2.75, 3.05) is 31.7 Å². The number of rotatable bonds is 7. The Labute approximate surface area is 188 Å². The number of fused-ring (bicyclic) bond motifs is 5. The number of ketones is 1. The lowest BCUT2D eigenvalue weighted by Gasteiger charge is -2.51. The fourth-order valence-electron chi connectivity index (χ4n) is 7.33. The van der Waals surface area contributed by atoms with Crippen LogP contribution in [-0.4, -0.2) is 38.9 Å². The number of carbonyl (C=O) groups is 1. The lowest BCUT2D eigenvalue weighted by atomic mass is 9.52. The summed E-state index contributed by atoms with van der Waals surface area (Å²) < 4.78 is 11.5. The molecular formula is C27H41NO3. The average Bonchev–Trinajstić information content (AvgIpc) is 2.97. The third-order valence-corrected chi connectivity index (χ3v) is 8.58. The molecule has 172 valence electrons. The Morgan fingerprint density at radius 1 is 1.19 bits per heavy atom. The van der Waals surface area contributed by atoms with Gasteiger partial charge in [-0.25, -0.2) is 0 Å². The summed E-state index contributed by atoms with van der Waals surface area (Å²) >= 11 is 0. The molecule has 0 radical (unpaired) electrons. The molecule has 1 aromatic rings. The number of likely N-dealkylation sites (N-methyl/N-ethyl adjacent to an activating group) is 1. The van der Waals surface area contributed by atoms with Gasteiger partial charge in [0.05, 0.1) is 6.54 Å². The van der Waals surface area contributed by atoms with Crippen LogP contribution in [0.2, 0.25) is 0 Å². The van der Waals surface area contributed by atoms with E-state index in [0.717, 1.165) is 25.8 Å². The van der Waals surface area contributed by atoms with Gasteiger partial charge in [0.2, 0.25) is 0 Å². The second-order valence-electron chi connectivity index (χ2n) is 10.5. The van der Waals surface area contributed by atoms with E-state index in [0.29, 0.717) is 42.7 Å². The molecular weight excluding hydrogens is 386 g/mol. The van der Waals surface area contributed by atoms with Gasteiger partial charge in [0.15, 0.2) is 6.29 Å². The molecule has 0 N–H and O–H groups in total. The molecule has 3 aliphatic rings. The van der Waals surface area contributed by atoms with Crippen molar-refractivity contribution in [3.8, 4) is 0 Å².